The average molecular weight is 226 g/mol. The first-order chi connectivity index (χ1) is 7.03. The van der Waals surface area contributed by atoms with Gasteiger partial charge in [0.1, 0.15) is 0 Å². The van der Waals surface area contributed by atoms with Crippen molar-refractivity contribution in [2.24, 2.45) is 0 Å². The van der Waals surface area contributed by atoms with Crippen LogP contribution in [0.4, 0.5) is 0 Å². The Morgan fingerprint density at radius 2 is 1.12 bits per heavy atom. The van der Waals surface area contributed by atoms with Crippen LogP contribution in [0.5, 0.6) is 5.75 Å². The van der Waals surface area contributed by atoms with Gasteiger partial charge >= 0.3 is 18.9 Å². The average Bonchev–Trinajstić information content (AvgIpc) is 2.04. The molecule has 1 nitrogen and oxygen atoms in total. The Labute approximate surface area is 118 Å². The fourth-order valence-corrected chi connectivity index (χ4v) is 1.89. The monoisotopic (exact) mass is 226 g/mol. The van der Waals surface area contributed by atoms with E-state index in [-0.39, 0.29) is 35.4 Å². The van der Waals surface area contributed by atoms with E-state index in [1.54, 1.807) is 0 Å². The molecule has 0 saturated carbocycles. The van der Waals surface area contributed by atoms with Crippen LogP contribution in [0.2, 0.25) is 0 Å². The van der Waals surface area contributed by atoms with Crippen molar-refractivity contribution in [1.82, 2.24) is 0 Å². The van der Waals surface area contributed by atoms with Gasteiger partial charge in [0.25, 0.3) is 0 Å². The van der Waals surface area contributed by atoms with Crippen molar-refractivity contribution in [3.8, 4) is 5.75 Å². The van der Waals surface area contributed by atoms with Crippen molar-refractivity contribution in [1.29, 1.82) is 0 Å². The molecule has 0 amide bonds. The van der Waals surface area contributed by atoms with E-state index in [0.29, 0.717) is 0 Å². The van der Waals surface area contributed by atoms with Gasteiger partial charge in [-0.2, -0.15) is 0 Å². The second-order valence-electron chi connectivity index (χ2n) is 6.69. The number of rotatable bonds is 0. The van der Waals surface area contributed by atoms with Crippen LogP contribution < -0.4 is 24.0 Å². The number of hydrogen-bond acceptors (Lipinski definition) is 1. The van der Waals surface area contributed by atoms with Gasteiger partial charge in [-0.05, 0) is 28.9 Å². The van der Waals surface area contributed by atoms with E-state index in [0.717, 1.165) is 11.1 Å². The van der Waals surface area contributed by atoms with E-state index in [9.17, 15) is 5.11 Å². The molecule has 0 aliphatic heterocycles. The zero-order chi connectivity index (χ0) is 12.7. The van der Waals surface area contributed by atoms with Crippen molar-refractivity contribution >= 4 is 0 Å². The Hall–Kier alpha value is -0.383. The number of hydrogen-bond donors (Lipinski definition) is 0. The first-order valence-corrected chi connectivity index (χ1v) is 5.86. The molecule has 0 fully saturated rings. The molecule has 0 atom stereocenters. The van der Waals surface area contributed by atoms with Crippen LogP contribution in [0.25, 0.3) is 0 Å². The molecule has 0 aliphatic rings. The van der Waals surface area contributed by atoms with Crippen molar-refractivity contribution in [3.05, 3.63) is 28.8 Å². The molecule has 0 saturated heterocycles. The molecule has 0 aliphatic carbocycles. The Balaban J connectivity index is 0.00000256. The summed E-state index contributed by atoms with van der Waals surface area (Å²) in [5.74, 6) is 0.214. The molecule has 1 aromatic carbocycles. The van der Waals surface area contributed by atoms with Gasteiger partial charge in [-0.25, -0.2) is 0 Å². The molecule has 1 rings (SSSR count). The fraction of sp³-hybridized carbons (Fsp3) is 0.600. The molecule has 0 aromatic heterocycles. The third-order valence-corrected chi connectivity index (χ3v) is 2.85. The van der Waals surface area contributed by atoms with Crippen LogP contribution in [0.1, 0.15) is 58.2 Å². The van der Waals surface area contributed by atoms with Crippen molar-refractivity contribution < 1.29 is 24.0 Å². The summed E-state index contributed by atoms with van der Waals surface area (Å²) in [5, 5.41) is 12.4. The Morgan fingerprint density at radius 1 is 0.824 bits per heavy atom. The summed E-state index contributed by atoms with van der Waals surface area (Å²) in [4.78, 5) is 0. The second-order valence-corrected chi connectivity index (χ2v) is 6.69. The van der Waals surface area contributed by atoms with Crippen molar-refractivity contribution in [3.63, 3.8) is 0 Å². The Kier molecular flexibility index (Phi) is 4.97. The topological polar surface area (TPSA) is 23.1 Å². The normalized spacial score (nSPS) is 12.2. The zero-order valence-corrected chi connectivity index (χ0v) is 12.6. The zero-order valence-electron chi connectivity index (χ0n) is 12.6. The summed E-state index contributed by atoms with van der Waals surface area (Å²) in [6.45, 7) is 14.6. The van der Waals surface area contributed by atoms with E-state index >= 15 is 0 Å². The van der Waals surface area contributed by atoms with Gasteiger partial charge in [-0.3, -0.25) is 0 Å². The quantitative estimate of drug-likeness (QED) is 0.596. The summed E-state index contributed by atoms with van der Waals surface area (Å²) in [5.41, 5.74) is 2.87. The SMILES string of the molecule is Cc1cc(C(C)(C)C)c([O-])c(C(C)(C)C)c1.[Li+]. The van der Waals surface area contributed by atoms with E-state index < -0.39 is 0 Å². The first-order valence-electron chi connectivity index (χ1n) is 5.86. The molecule has 17 heavy (non-hydrogen) atoms. The maximum Gasteiger partial charge on any atom is 1.00 e. The summed E-state index contributed by atoms with van der Waals surface area (Å²) >= 11 is 0. The first kappa shape index (κ1) is 16.6. The number of benzene rings is 1. The van der Waals surface area contributed by atoms with Gasteiger partial charge in [0.15, 0.2) is 0 Å². The summed E-state index contributed by atoms with van der Waals surface area (Å²) < 4.78 is 0. The van der Waals surface area contributed by atoms with Crippen LogP contribution in [-0.2, 0) is 10.8 Å². The van der Waals surface area contributed by atoms with Crippen LogP contribution in [0.15, 0.2) is 12.1 Å². The fourth-order valence-electron chi connectivity index (χ4n) is 1.89. The predicted octanol–water partition coefficient (Wildman–Crippen LogP) is 0.668. The van der Waals surface area contributed by atoms with E-state index in [4.69, 9.17) is 0 Å². The molecule has 0 radical (unpaired) electrons. The van der Waals surface area contributed by atoms with Gasteiger partial charge < -0.3 is 5.11 Å². The van der Waals surface area contributed by atoms with E-state index in [2.05, 4.69) is 48.5 Å². The van der Waals surface area contributed by atoms with Crippen LogP contribution >= 0.6 is 0 Å². The summed E-state index contributed by atoms with van der Waals surface area (Å²) in [6.07, 6.45) is 0. The molecule has 2 heteroatoms. The molecular formula is C15H23LiO. The number of aryl methyl sites for hydroxylation is 1. The van der Waals surface area contributed by atoms with Gasteiger partial charge in [0.05, 0.1) is 0 Å². The van der Waals surface area contributed by atoms with Crippen LogP contribution in [-0.4, -0.2) is 0 Å². The van der Waals surface area contributed by atoms with Gasteiger partial charge in [-0.1, -0.05) is 59.2 Å². The van der Waals surface area contributed by atoms with Crippen LogP contribution in [0, 0.1) is 6.92 Å². The van der Waals surface area contributed by atoms with Crippen molar-refractivity contribution in [2.45, 2.75) is 59.3 Å². The molecule has 90 valence electrons. The second kappa shape index (κ2) is 5.08. The Bertz CT molecular complexity index is 359. The molecule has 0 spiro atoms. The minimum Gasteiger partial charge on any atom is -0.872 e. The molecule has 1 aromatic rings. The third-order valence-electron chi connectivity index (χ3n) is 2.85. The minimum atomic E-state index is -0.0803. The van der Waals surface area contributed by atoms with Crippen LogP contribution in [0.3, 0.4) is 0 Å². The molecule has 0 heterocycles. The molecular weight excluding hydrogens is 203 g/mol. The van der Waals surface area contributed by atoms with Gasteiger partial charge in [0, 0.05) is 0 Å². The summed E-state index contributed by atoms with van der Waals surface area (Å²) in [6, 6.07) is 4.05. The summed E-state index contributed by atoms with van der Waals surface area (Å²) in [7, 11) is 0. The minimum absolute atomic E-state index is 0. The third kappa shape index (κ3) is 3.80. The maximum atomic E-state index is 12.4. The molecule has 0 unspecified atom stereocenters. The van der Waals surface area contributed by atoms with Gasteiger partial charge in [0.2, 0.25) is 0 Å². The molecule has 0 bridgehead atoms. The molecule has 0 N–H and O–H groups in total. The van der Waals surface area contributed by atoms with E-state index in [1.807, 2.05) is 12.1 Å². The standard InChI is InChI=1S/C15H24O.Li/c1-10-8-11(14(2,3)4)13(16)12(9-10)15(5,6)7;/h8-9,16H,1-7H3;/q;+1/p-1. The van der Waals surface area contributed by atoms with E-state index in [1.165, 1.54) is 5.56 Å². The maximum absolute atomic E-state index is 12.4. The van der Waals surface area contributed by atoms with Crippen molar-refractivity contribution in [2.75, 3.05) is 0 Å². The van der Waals surface area contributed by atoms with Gasteiger partial charge in [-0.15, -0.1) is 5.75 Å². The largest absolute Gasteiger partial charge is 1.00 e. The smallest absolute Gasteiger partial charge is 0.872 e. The predicted molar refractivity (Wildman–Crippen MR) is 68.0 cm³/mol. The Morgan fingerprint density at radius 3 is 1.35 bits per heavy atom.